The van der Waals surface area contributed by atoms with E-state index in [1.807, 2.05) is 31.3 Å². The zero-order valence-electron chi connectivity index (χ0n) is 33.3. The third-order valence-corrected chi connectivity index (χ3v) is 7.32. The largest absolute Gasteiger partial charge is 0.491 e. The standard InChI is InChI=1S/C42H65NO13/c1-3-14-44-15-16-45-17-18-46-19-20-47-21-22-48-23-24-49-25-26-50-27-28-51-29-30-52-31-32-53-33-34-54-35-36-55-37-38-56-42-12-8-40(9-13-42)5-4-39-6-10-41(43-2)11-7-39/h1,4-13,43H,14-38H2,2H3/b5-4+. The molecule has 0 amide bonds. The first-order valence-electron chi connectivity index (χ1n) is 19.4. The molecule has 0 aliphatic heterocycles. The van der Waals surface area contributed by atoms with Crippen LogP contribution in [0.2, 0.25) is 0 Å². The number of rotatable bonds is 41. The van der Waals surface area contributed by atoms with E-state index in [1.54, 1.807) is 0 Å². The molecule has 0 radical (unpaired) electrons. The van der Waals surface area contributed by atoms with Crippen LogP contribution in [0.1, 0.15) is 11.1 Å². The van der Waals surface area contributed by atoms with Crippen molar-refractivity contribution in [2.45, 2.75) is 0 Å². The van der Waals surface area contributed by atoms with Crippen LogP contribution in [0, 0.1) is 12.3 Å². The van der Waals surface area contributed by atoms with Gasteiger partial charge in [0.2, 0.25) is 0 Å². The van der Waals surface area contributed by atoms with Crippen molar-refractivity contribution in [1.29, 1.82) is 0 Å². The number of anilines is 1. The van der Waals surface area contributed by atoms with Crippen molar-refractivity contribution in [3.8, 4) is 18.1 Å². The third-order valence-electron chi connectivity index (χ3n) is 7.32. The summed E-state index contributed by atoms with van der Waals surface area (Å²) in [6, 6.07) is 16.3. The predicted octanol–water partition coefficient (Wildman–Crippen LogP) is 4.11. The summed E-state index contributed by atoms with van der Waals surface area (Å²) in [5, 5.41) is 3.12. The Morgan fingerprint density at radius 2 is 0.661 bits per heavy atom. The Morgan fingerprint density at radius 3 is 0.946 bits per heavy atom. The second-order valence-electron chi connectivity index (χ2n) is 11.6. The van der Waals surface area contributed by atoms with E-state index in [0.717, 1.165) is 22.6 Å². The minimum Gasteiger partial charge on any atom is -0.491 e. The molecule has 2 aromatic carbocycles. The Morgan fingerprint density at radius 1 is 0.393 bits per heavy atom. The van der Waals surface area contributed by atoms with E-state index in [9.17, 15) is 0 Å². The van der Waals surface area contributed by atoms with Gasteiger partial charge < -0.3 is 66.9 Å². The van der Waals surface area contributed by atoms with E-state index in [0.29, 0.717) is 165 Å². The first kappa shape index (κ1) is 49.0. The SMILES string of the molecule is C#CCOCCOCCOCCOCCOCCOCCOCCOCCOCCOCCOCCOCCOc1ccc(/C=C/c2ccc(NC)cc2)cc1. The van der Waals surface area contributed by atoms with Crippen LogP contribution in [0.3, 0.4) is 0 Å². The van der Waals surface area contributed by atoms with Crippen molar-refractivity contribution < 1.29 is 61.6 Å². The molecule has 0 heterocycles. The first-order valence-corrected chi connectivity index (χ1v) is 19.4. The van der Waals surface area contributed by atoms with E-state index in [-0.39, 0.29) is 0 Å². The van der Waals surface area contributed by atoms with Crippen molar-refractivity contribution in [2.24, 2.45) is 0 Å². The van der Waals surface area contributed by atoms with Gasteiger partial charge in [0.1, 0.15) is 19.0 Å². The highest BCUT2D eigenvalue weighted by molar-refractivity contribution is 5.70. The summed E-state index contributed by atoms with van der Waals surface area (Å²) < 4.78 is 71.2. The van der Waals surface area contributed by atoms with Crippen LogP contribution in [0.5, 0.6) is 5.75 Å². The van der Waals surface area contributed by atoms with Gasteiger partial charge in [-0.3, -0.25) is 0 Å². The number of nitrogens with one attached hydrogen (secondary N) is 1. The van der Waals surface area contributed by atoms with E-state index in [1.165, 1.54) is 0 Å². The van der Waals surface area contributed by atoms with Crippen molar-refractivity contribution >= 4 is 17.8 Å². The minimum absolute atomic E-state index is 0.305. The molecule has 0 aromatic heterocycles. The van der Waals surface area contributed by atoms with Crippen LogP contribution in [0.25, 0.3) is 12.2 Å². The van der Waals surface area contributed by atoms with E-state index < -0.39 is 0 Å². The molecule has 14 heteroatoms. The first-order chi connectivity index (χ1) is 27.8. The lowest BCUT2D eigenvalue weighted by molar-refractivity contribution is -0.0283. The molecule has 0 aliphatic rings. The van der Waals surface area contributed by atoms with Crippen molar-refractivity contribution in [1.82, 2.24) is 0 Å². The van der Waals surface area contributed by atoms with Gasteiger partial charge in [-0.25, -0.2) is 0 Å². The summed E-state index contributed by atoms with van der Waals surface area (Å²) in [4.78, 5) is 0. The summed E-state index contributed by atoms with van der Waals surface area (Å²) in [7, 11) is 1.91. The van der Waals surface area contributed by atoms with Crippen LogP contribution < -0.4 is 10.1 Å². The van der Waals surface area contributed by atoms with Gasteiger partial charge in [0.15, 0.2) is 0 Å². The van der Waals surface area contributed by atoms with Gasteiger partial charge in [-0.15, -0.1) is 6.42 Å². The molecule has 0 saturated carbocycles. The maximum atomic E-state index is 5.76. The second kappa shape index (κ2) is 38.7. The van der Waals surface area contributed by atoms with Gasteiger partial charge in [0.05, 0.1) is 152 Å². The average Bonchev–Trinajstić information content (AvgIpc) is 3.23. The molecule has 0 unspecified atom stereocenters. The fourth-order valence-corrected chi connectivity index (χ4v) is 4.40. The Labute approximate surface area is 334 Å². The summed E-state index contributed by atoms with van der Waals surface area (Å²) >= 11 is 0. The Kier molecular flexibility index (Phi) is 33.9. The zero-order chi connectivity index (χ0) is 39.7. The van der Waals surface area contributed by atoms with E-state index in [2.05, 4.69) is 47.7 Å². The number of terminal acetylenes is 1. The van der Waals surface area contributed by atoms with Gasteiger partial charge >= 0.3 is 0 Å². The molecule has 2 rings (SSSR count). The van der Waals surface area contributed by atoms with Crippen molar-refractivity contribution in [3.05, 3.63) is 59.7 Å². The number of ether oxygens (including phenoxy) is 13. The Balaban J connectivity index is 1.19. The third kappa shape index (κ3) is 31.0. The molecular formula is C42H65NO13. The highest BCUT2D eigenvalue weighted by atomic mass is 16.6. The van der Waals surface area contributed by atoms with Gasteiger partial charge in [0, 0.05) is 12.7 Å². The van der Waals surface area contributed by atoms with Crippen LogP contribution in [-0.2, 0) is 56.8 Å². The zero-order valence-corrected chi connectivity index (χ0v) is 33.3. The molecule has 0 aliphatic carbocycles. The fraction of sp³-hybridized carbons (Fsp3) is 0.619. The molecule has 56 heavy (non-hydrogen) atoms. The lowest BCUT2D eigenvalue weighted by Gasteiger charge is -2.09. The van der Waals surface area contributed by atoms with E-state index >= 15 is 0 Å². The van der Waals surface area contributed by atoms with Crippen LogP contribution in [-0.4, -0.2) is 172 Å². The molecule has 14 nitrogen and oxygen atoms in total. The number of hydrogen-bond donors (Lipinski definition) is 1. The summed E-state index contributed by atoms with van der Waals surface area (Å²) in [6.07, 6.45) is 9.26. The number of hydrogen-bond acceptors (Lipinski definition) is 14. The molecule has 0 bridgehead atoms. The Bertz CT molecular complexity index is 1190. The highest BCUT2D eigenvalue weighted by Crippen LogP contribution is 2.16. The molecule has 2 aromatic rings. The van der Waals surface area contributed by atoms with Gasteiger partial charge in [0.25, 0.3) is 0 Å². The van der Waals surface area contributed by atoms with Crippen LogP contribution in [0.15, 0.2) is 48.5 Å². The highest BCUT2D eigenvalue weighted by Gasteiger charge is 1.98. The average molecular weight is 792 g/mol. The molecule has 0 atom stereocenters. The summed E-state index contributed by atoms with van der Waals surface area (Å²) in [6.45, 7) is 12.3. The lowest BCUT2D eigenvalue weighted by atomic mass is 10.1. The van der Waals surface area contributed by atoms with Gasteiger partial charge in [-0.2, -0.15) is 0 Å². The topological polar surface area (TPSA) is 132 Å². The minimum atomic E-state index is 0.305. The number of benzene rings is 2. The van der Waals surface area contributed by atoms with Crippen molar-refractivity contribution in [3.63, 3.8) is 0 Å². The van der Waals surface area contributed by atoms with Crippen LogP contribution >= 0.6 is 0 Å². The molecule has 0 fully saturated rings. The molecule has 0 spiro atoms. The quantitative estimate of drug-likeness (QED) is 0.0589. The summed E-state index contributed by atoms with van der Waals surface area (Å²) in [5.74, 6) is 3.21. The Hall–Kier alpha value is -3.14. The smallest absolute Gasteiger partial charge is 0.119 e. The molecule has 0 saturated heterocycles. The van der Waals surface area contributed by atoms with Gasteiger partial charge in [-0.05, 0) is 35.4 Å². The van der Waals surface area contributed by atoms with E-state index in [4.69, 9.17) is 68.0 Å². The van der Waals surface area contributed by atoms with Crippen molar-refractivity contribution in [2.75, 3.05) is 178 Å². The predicted molar refractivity (Wildman–Crippen MR) is 216 cm³/mol. The van der Waals surface area contributed by atoms with Crippen LogP contribution in [0.4, 0.5) is 5.69 Å². The summed E-state index contributed by atoms with van der Waals surface area (Å²) in [5.41, 5.74) is 3.35. The monoisotopic (exact) mass is 791 g/mol. The maximum absolute atomic E-state index is 5.76. The molecule has 316 valence electrons. The molecule has 1 N–H and O–H groups in total. The second-order valence-corrected chi connectivity index (χ2v) is 11.6. The fourth-order valence-electron chi connectivity index (χ4n) is 4.40. The maximum Gasteiger partial charge on any atom is 0.119 e. The van der Waals surface area contributed by atoms with Gasteiger partial charge in [-0.1, -0.05) is 42.3 Å². The molecular weight excluding hydrogens is 726 g/mol. The lowest BCUT2D eigenvalue weighted by Crippen LogP contribution is -2.15. The normalized spacial score (nSPS) is 11.4.